The van der Waals surface area contributed by atoms with E-state index in [1.165, 1.54) is 0 Å². The van der Waals surface area contributed by atoms with Gasteiger partial charge in [0.15, 0.2) is 0 Å². The molecule has 0 bridgehead atoms. The molecule has 2 aromatic heterocycles. The Bertz CT molecular complexity index is 393. The Morgan fingerprint density at radius 1 is 1.33 bits per heavy atom. The second kappa shape index (κ2) is 4.22. The molecule has 0 saturated heterocycles. The van der Waals surface area contributed by atoms with E-state index in [1.54, 1.807) is 10.9 Å². The van der Waals surface area contributed by atoms with Gasteiger partial charge in [0.25, 0.3) is 0 Å². The zero-order valence-electron chi connectivity index (χ0n) is 8.54. The first-order valence-corrected chi connectivity index (χ1v) is 4.83. The number of aryl methyl sites for hydroxylation is 1. The van der Waals surface area contributed by atoms with Gasteiger partial charge < -0.3 is 5.11 Å². The highest BCUT2D eigenvalue weighted by molar-refractivity contribution is 5.04. The van der Waals surface area contributed by atoms with Crippen molar-refractivity contribution in [1.29, 1.82) is 0 Å². The van der Waals surface area contributed by atoms with Crippen LogP contribution in [0, 0.1) is 0 Å². The van der Waals surface area contributed by atoms with Gasteiger partial charge in [0.2, 0.25) is 0 Å². The van der Waals surface area contributed by atoms with Crippen LogP contribution in [0.2, 0.25) is 0 Å². The van der Waals surface area contributed by atoms with Crippen molar-refractivity contribution in [3.63, 3.8) is 0 Å². The molecule has 0 aliphatic heterocycles. The van der Waals surface area contributed by atoms with Crippen LogP contribution >= 0.6 is 0 Å². The molecule has 2 heterocycles. The fraction of sp³-hybridized carbons (Fsp3) is 0.444. The van der Waals surface area contributed by atoms with Gasteiger partial charge in [0.05, 0.1) is 25.5 Å². The lowest BCUT2D eigenvalue weighted by atomic mass is 10.3. The van der Waals surface area contributed by atoms with Crippen molar-refractivity contribution in [1.82, 2.24) is 24.8 Å². The van der Waals surface area contributed by atoms with Crippen molar-refractivity contribution < 1.29 is 5.11 Å². The molecular weight excluding hydrogens is 194 g/mol. The maximum atomic E-state index is 8.83. The first kappa shape index (κ1) is 9.85. The van der Waals surface area contributed by atoms with Gasteiger partial charge in [-0.15, -0.1) is 5.10 Å². The van der Waals surface area contributed by atoms with Gasteiger partial charge >= 0.3 is 0 Å². The third-order valence-corrected chi connectivity index (χ3v) is 2.10. The molecule has 2 aromatic rings. The molecule has 0 aromatic carbocycles. The van der Waals surface area contributed by atoms with Crippen LogP contribution in [0.5, 0.6) is 0 Å². The molecule has 6 nitrogen and oxygen atoms in total. The van der Waals surface area contributed by atoms with Crippen LogP contribution in [0.1, 0.15) is 18.2 Å². The number of aliphatic hydroxyl groups excluding tert-OH is 1. The monoisotopic (exact) mass is 207 g/mol. The van der Waals surface area contributed by atoms with Crippen LogP contribution in [0.15, 0.2) is 18.6 Å². The summed E-state index contributed by atoms with van der Waals surface area (Å²) >= 11 is 0. The minimum atomic E-state index is -0.0752. The Balaban J connectivity index is 2.07. The highest BCUT2D eigenvalue weighted by Crippen LogP contribution is 2.01. The van der Waals surface area contributed by atoms with E-state index < -0.39 is 0 Å². The van der Waals surface area contributed by atoms with Crippen molar-refractivity contribution in [3.8, 4) is 0 Å². The van der Waals surface area contributed by atoms with E-state index in [1.807, 2.05) is 24.0 Å². The summed E-state index contributed by atoms with van der Waals surface area (Å²) in [5, 5.41) is 20.7. The maximum absolute atomic E-state index is 8.83. The molecule has 15 heavy (non-hydrogen) atoms. The van der Waals surface area contributed by atoms with Crippen molar-refractivity contribution >= 4 is 0 Å². The minimum Gasteiger partial charge on any atom is -0.390 e. The minimum absolute atomic E-state index is 0.0752. The topological polar surface area (TPSA) is 68.8 Å². The Morgan fingerprint density at radius 3 is 2.80 bits per heavy atom. The lowest BCUT2D eigenvalue weighted by Crippen LogP contribution is -1.99. The van der Waals surface area contributed by atoms with Crippen LogP contribution in [0.25, 0.3) is 0 Å². The molecule has 6 heteroatoms. The van der Waals surface area contributed by atoms with Crippen LogP contribution in [-0.4, -0.2) is 29.9 Å². The highest BCUT2D eigenvalue weighted by atomic mass is 16.3. The Hall–Kier alpha value is -1.69. The quantitative estimate of drug-likeness (QED) is 0.768. The Morgan fingerprint density at radius 2 is 2.20 bits per heavy atom. The molecular formula is C9H13N5O. The fourth-order valence-corrected chi connectivity index (χ4v) is 1.34. The van der Waals surface area contributed by atoms with Gasteiger partial charge in [-0.25, -0.2) is 4.68 Å². The second-order valence-electron chi connectivity index (χ2n) is 3.27. The molecule has 80 valence electrons. The van der Waals surface area contributed by atoms with E-state index in [0.29, 0.717) is 12.2 Å². The van der Waals surface area contributed by atoms with Gasteiger partial charge in [-0.1, -0.05) is 5.21 Å². The van der Waals surface area contributed by atoms with Crippen molar-refractivity contribution in [2.24, 2.45) is 0 Å². The van der Waals surface area contributed by atoms with Gasteiger partial charge in [-0.05, 0) is 6.92 Å². The summed E-state index contributed by atoms with van der Waals surface area (Å²) in [6, 6.07) is 0. The highest BCUT2D eigenvalue weighted by Gasteiger charge is 2.02. The summed E-state index contributed by atoms with van der Waals surface area (Å²) in [4.78, 5) is 0. The predicted octanol–water partition coefficient (Wildman–Crippen LogP) is 0.0351. The van der Waals surface area contributed by atoms with E-state index in [-0.39, 0.29) is 6.61 Å². The van der Waals surface area contributed by atoms with Gasteiger partial charge in [0, 0.05) is 18.3 Å². The summed E-state index contributed by atoms with van der Waals surface area (Å²) in [6.07, 6.45) is 5.51. The molecule has 0 spiro atoms. The molecule has 0 saturated carbocycles. The Kier molecular flexibility index (Phi) is 2.77. The summed E-state index contributed by atoms with van der Waals surface area (Å²) in [6.45, 7) is 3.45. The van der Waals surface area contributed by atoms with E-state index >= 15 is 0 Å². The molecule has 1 N–H and O–H groups in total. The van der Waals surface area contributed by atoms with Crippen LogP contribution in [-0.2, 0) is 19.7 Å². The van der Waals surface area contributed by atoms with Crippen LogP contribution < -0.4 is 0 Å². The summed E-state index contributed by atoms with van der Waals surface area (Å²) < 4.78 is 3.54. The number of rotatable bonds is 4. The van der Waals surface area contributed by atoms with Crippen LogP contribution in [0.3, 0.4) is 0 Å². The number of nitrogens with zero attached hydrogens (tertiary/aromatic N) is 5. The first-order valence-electron chi connectivity index (χ1n) is 4.83. The van der Waals surface area contributed by atoms with Crippen molar-refractivity contribution in [2.45, 2.75) is 26.6 Å². The smallest absolute Gasteiger partial charge is 0.108 e. The standard InChI is InChI=1S/C9H13N5O/c1-2-13-4-8(3-10-13)5-14-6-9(7-15)11-12-14/h3-4,6,15H,2,5,7H2,1H3. The summed E-state index contributed by atoms with van der Waals surface area (Å²) in [7, 11) is 0. The summed E-state index contributed by atoms with van der Waals surface area (Å²) in [5.41, 5.74) is 1.66. The fourth-order valence-electron chi connectivity index (χ4n) is 1.34. The SMILES string of the molecule is CCn1cc(Cn2cc(CO)nn2)cn1. The third kappa shape index (κ3) is 2.21. The molecule has 0 unspecified atom stereocenters. The average molecular weight is 207 g/mol. The Labute approximate surface area is 87.1 Å². The largest absolute Gasteiger partial charge is 0.390 e. The molecule has 0 radical (unpaired) electrons. The average Bonchev–Trinajstić information content (AvgIpc) is 2.87. The molecule has 2 rings (SSSR count). The molecule has 0 fully saturated rings. The second-order valence-corrected chi connectivity index (χ2v) is 3.27. The third-order valence-electron chi connectivity index (χ3n) is 2.10. The van der Waals surface area contributed by atoms with Crippen molar-refractivity contribution in [3.05, 3.63) is 29.8 Å². The maximum Gasteiger partial charge on any atom is 0.108 e. The molecule has 0 aliphatic carbocycles. The predicted molar refractivity (Wildman–Crippen MR) is 52.9 cm³/mol. The molecule has 0 aliphatic rings. The van der Waals surface area contributed by atoms with Gasteiger partial charge in [-0.3, -0.25) is 4.68 Å². The van der Waals surface area contributed by atoms with E-state index in [0.717, 1.165) is 12.1 Å². The number of hydrogen-bond acceptors (Lipinski definition) is 4. The first-order chi connectivity index (χ1) is 7.31. The van der Waals surface area contributed by atoms with E-state index in [2.05, 4.69) is 15.4 Å². The zero-order valence-corrected chi connectivity index (χ0v) is 8.54. The normalized spacial score (nSPS) is 10.8. The van der Waals surface area contributed by atoms with Crippen LogP contribution in [0.4, 0.5) is 0 Å². The number of aromatic nitrogens is 5. The van der Waals surface area contributed by atoms with Crippen molar-refractivity contribution in [2.75, 3.05) is 0 Å². The van der Waals surface area contributed by atoms with Gasteiger partial charge in [-0.2, -0.15) is 5.10 Å². The summed E-state index contributed by atoms with van der Waals surface area (Å²) in [5.74, 6) is 0. The molecule has 0 amide bonds. The zero-order chi connectivity index (χ0) is 10.7. The number of aliphatic hydroxyl groups is 1. The lowest BCUT2D eigenvalue weighted by Gasteiger charge is -1.95. The number of hydrogen-bond donors (Lipinski definition) is 1. The van der Waals surface area contributed by atoms with Gasteiger partial charge in [0.1, 0.15) is 5.69 Å². The molecule has 0 atom stereocenters. The van der Waals surface area contributed by atoms with E-state index in [4.69, 9.17) is 5.11 Å². The lowest BCUT2D eigenvalue weighted by molar-refractivity contribution is 0.276. The van der Waals surface area contributed by atoms with E-state index in [9.17, 15) is 0 Å².